The van der Waals surface area contributed by atoms with Crippen molar-refractivity contribution in [1.82, 2.24) is 4.90 Å². The minimum absolute atomic E-state index is 0.0382. The van der Waals surface area contributed by atoms with Crippen LogP contribution in [0.3, 0.4) is 0 Å². The molecule has 0 aliphatic carbocycles. The molecule has 0 aromatic carbocycles. The zero-order chi connectivity index (χ0) is 38.2. The molecule has 0 aliphatic heterocycles. The largest absolute Gasteiger partial charge is 0.465 e. The Balaban J connectivity index is 4.29. The monoisotopic (exact) mass is 736 g/mol. The normalized spacial score (nSPS) is 12.5. The summed E-state index contributed by atoms with van der Waals surface area (Å²) in [6, 6.07) is 0. The average molecular weight is 736 g/mol. The highest BCUT2D eigenvalue weighted by Gasteiger charge is 2.13. The molecule has 0 aliphatic rings. The first-order valence-corrected chi connectivity index (χ1v) is 22.9. The van der Waals surface area contributed by atoms with Crippen LogP contribution in [0.5, 0.6) is 0 Å². The summed E-state index contributed by atoms with van der Waals surface area (Å²) in [6.45, 7) is 12.3. The molecule has 308 valence electrons. The number of esters is 2. The summed E-state index contributed by atoms with van der Waals surface area (Å²) in [5.41, 5.74) is 1.30. The molecule has 0 rings (SSSR count). The molecule has 0 radical (unpaired) electrons. The molecule has 0 amide bonds. The van der Waals surface area contributed by atoms with Crippen molar-refractivity contribution in [3.63, 3.8) is 0 Å². The molecule has 0 heterocycles. The van der Waals surface area contributed by atoms with E-state index in [2.05, 4.69) is 32.6 Å². The number of hydrogen-bond donors (Lipinski definition) is 1. The quantitative estimate of drug-likeness (QED) is 0.0383. The maximum absolute atomic E-state index is 12.5. The van der Waals surface area contributed by atoms with E-state index in [0.717, 1.165) is 64.5 Å². The molecule has 6 heteroatoms. The van der Waals surface area contributed by atoms with Gasteiger partial charge in [0.2, 0.25) is 0 Å². The molecule has 0 saturated heterocycles. The lowest BCUT2D eigenvalue weighted by Gasteiger charge is -2.21. The molecular weight excluding hydrogens is 647 g/mol. The van der Waals surface area contributed by atoms with Crippen LogP contribution in [0, 0.1) is 5.92 Å². The Morgan fingerprint density at radius 2 is 0.904 bits per heavy atom. The van der Waals surface area contributed by atoms with Crippen LogP contribution in [-0.4, -0.2) is 54.8 Å². The number of hydrogen-bond acceptors (Lipinski definition) is 6. The molecule has 1 atom stereocenters. The summed E-state index contributed by atoms with van der Waals surface area (Å²) >= 11 is 0. The zero-order valence-corrected chi connectivity index (χ0v) is 35.3. The van der Waals surface area contributed by atoms with E-state index in [1.165, 1.54) is 147 Å². The number of aliphatic hydroxyl groups excluding tert-OH is 1. The standard InChI is InChI=1S/C46H89NO5/c1-5-9-13-17-19-25-33-43(31-23-15-11-7-3)41-51-45(49)35-27-21-29-37-47(39-40-48)38-30-22-28-36-46(50)52-42-44(32-24-16-12-8-4)34-26-20-18-14-10-6-2/h41,44,48H,5-40,42H2,1-4H3/b43-41+. The van der Waals surface area contributed by atoms with Crippen molar-refractivity contribution in [2.45, 2.75) is 233 Å². The maximum Gasteiger partial charge on any atom is 0.310 e. The summed E-state index contributed by atoms with van der Waals surface area (Å²) in [4.78, 5) is 27.4. The van der Waals surface area contributed by atoms with Crippen molar-refractivity contribution in [3.05, 3.63) is 11.8 Å². The molecule has 6 nitrogen and oxygen atoms in total. The van der Waals surface area contributed by atoms with Gasteiger partial charge in [0.25, 0.3) is 0 Å². The Hall–Kier alpha value is -1.40. The highest BCUT2D eigenvalue weighted by molar-refractivity contribution is 5.70. The first kappa shape index (κ1) is 50.6. The van der Waals surface area contributed by atoms with Gasteiger partial charge in [0.15, 0.2) is 0 Å². The Kier molecular flexibility index (Phi) is 39.7. The third-order valence-corrected chi connectivity index (χ3v) is 10.6. The van der Waals surface area contributed by atoms with Crippen molar-refractivity contribution in [2.24, 2.45) is 5.92 Å². The van der Waals surface area contributed by atoms with E-state index < -0.39 is 0 Å². The smallest absolute Gasteiger partial charge is 0.310 e. The van der Waals surface area contributed by atoms with E-state index in [4.69, 9.17) is 9.47 Å². The van der Waals surface area contributed by atoms with Crippen LogP contribution in [0.4, 0.5) is 0 Å². The predicted octanol–water partition coefficient (Wildman–Crippen LogP) is 13.4. The molecule has 1 unspecified atom stereocenters. The van der Waals surface area contributed by atoms with E-state index in [9.17, 15) is 14.7 Å². The molecule has 52 heavy (non-hydrogen) atoms. The fourth-order valence-corrected chi connectivity index (χ4v) is 7.07. The van der Waals surface area contributed by atoms with Gasteiger partial charge in [0.1, 0.15) is 0 Å². The average Bonchev–Trinajstić information content (AvgIpc) is 3.14. The molecular formula is C46H89NO5. The molecule has 0 spiro atoms. The summed E-state index contributed by atoms with van der Waals surface area (Å²) < 4.78 is 11.4. The van der Waals surface area contributed by atoms with Gasteiger partial charge in [-0.3, -0.25) is 9.59 Å². The number of rotatable bonds is 41. The van der Waals surface area contributed by atoms with Crippen LogP contribution in [0.2, 0.25) is 0 Å². The lowest BCUT2D eigenvalue weighted by atomic mass is 9.95. The number of allylic oxidation sites excluding steroid dienone is 1. The number of carbonyl (C=O) groups excluding carboxylic acids is 2. The van der Waals surface area contributed by atoms with Gasteiger partial charge in [0.05, 0.1) is 19.5 Å². The Morgan fingerprint density at radius 3 is 1.42 bits per heavy atom. The van der Waals surface area contributed by atoms with Crippen molar-refractivity contribution < 1.29 is 24.2 Å². The molecule has 0 saturated carbocycles. The van der Waals surface area contributed by atoms with Gasteiger partial charge >= 0.3 is 11.9 Å². The van der Waals surface area contributed by atoms with E-state index in [-0.39, 0.29) is 18.5 Å². The summed E-state index contributed by atoms with van der Waals surface area (Å²) in [6.07, 6.45) is 38.5. The van der Waals surface area contributed by atoms with Gasteiger partial charge < -0.3 is 19.5 Å². The summed E-state index contributed by atoms with van der Waals surface area (Å²) in [5.74, 6) is 0.364. The van der Waals surface area contributed by atoms with Gasteiger partial charge in [-0.05, 0) is 88.8 Å². The molecule has 1 N–H and O–H groups in total. The van der Waals surface area contributed by atoms with Crippen LogP contribution in [0.25, 0.3) is 0 Å². The molecule has 0 aromatic rings. The van der Waals surface area contributed by atoms with Gasteiger partial charge in [-0.1, -0.05) is 156 Å². The number of unbranched alkanes of at least 4 members (excludes halogenated alkanes) is 20. The first-order valence-electron chi connectivity index (χ1n) is 22.9. The van der Waals surface area contributed by atoms with E-state index in [1.54, 1.807) is 6.26 Å². The van der Waals surface area contributed by atoms with Crippen molar-refractivity contribution in [2.75, 3.05) is 32.8 Å². The van der Waals surface area contributed by atoms with Gasteiger partial charge in [-0.25, -0.2) is 0 Å². The first-order chi connectivity index (χ1) is 25.5. The van der Waals surface area contributed by atoms with Crippen molar-refractivity contribution in [3.8, 4) is 0 Å². The number of nitrogens with zero attached hydrogens (tertiary/aromatic N) is 1. The van der Waals surface area contributed by atoms with Gasteiger partial charge in [-0.2, -0.15) is 0 Å². The fourth-order valence-electron chi connectivity index (χ4n) is 7.07. The van der Waals surface area contributed by atoms with E-state index >= 15 is 0 Å². The molecule has 0 aromatic heterocycles. The maximum atomic E-state index is 12.5. The second kappa shape index (κ2) is 40.8. The third kappa shape index (κ3) is 35.6. The Morgan fingerprint density at radius 1 is 0.500 bits per heavy atom. The van der Waals surface area contributed by atoms with Crippen molar-refractivity contribution in [1.29, 1.82) is 0 Å². The molecule has 0 bridgehead atoms. The van der Waals surface area contributed by atoms with Gasteiger partial charge in [0, 0.05) is 19.4 Å². The topological polar surface area (TPSA) is 76.1 Å². The highest BCUT2D eigenvalue weighted by atomic mass is 16.5. The summed E-state index contributed by atoms with van der Waals surface area (Å²) in [5, 5.41) is 9.59. The Bertz CT molecular complexity index is 800. The zero-order valence-electron chi connectivity index (χ0n) is 35.3. The number of ether oxygens (including phenoxy) is 2. The van der Waals surface area contributed by atoms with E-state index in [1.807, 2.05) is 0 Å². The van der Waals surface area contributed by atoms with E-state index in [0.29, 0.717) is 31.9 Å². The predicted molar refractivity (Wildman–Crippen MR) is 223 cm³/mol. The lowest BCUT2D eigenvalue weighted by molar-refractivity contribution is -0.145. The van der Waals surface area contributed by atoms with Crippen LogP contribution >= 0.6 is 0 Å². The SMILES string of the molecule is CCCCCCCC/C(=C/OC(=O)CCCCCN(CCO)CCCCCC(=O)OCC(CCCCCC)CCCCCCCC)CCCCCC. The molecule has 0 fully saturated rings. The minimum Gasteiger partial charge on any atom is -0.465 e. The highest BCUT2D eigenvalue weighted by Crippen LogP contribution is 2.21. The van der Waals surface area contributed by atoms with Crippen molar-refractivity contribution >= 4 is 11.9 Å². The number of carbonyl (C=O) groups is 2. The number of aliphatic hydroxyl groups is 1. The fraction of sp³-hybridized carbons (Fsp3) is 0.913. The Labute approximate surface area is 324 Å². The van der Waals surface area contributed by atoms with Gasteiger partial charge in [-0.15, -0.1) is 0 Å². The van der Waals surface area contributed by atoms with Crippen LogP contribution < -0.4 is 0 Å². The lowest BCUT2D eigenvalue weighted by Crippen LogP contribution is -2.29. The van der Waals surface area contributed by atoms with Crippen LogP contribution in [0.15, 0.2) is 11.8 Å². The minimum atomic E-state index is -0.111. The van der Waals surface area contributed by atoms with Crippen LogP contribution in [-0.2, 0) is 19.1 Å². The second-order valence-corrected chi connectivity index (χ2v) is 15.7. The van der Waals surface area contributed by atoms with Crippen LogP contribution in [0.1, 0.15) is 233 Å². The second-order valence-electron chi connectivity index (χ2n) is 15.7. The summed E-state index contributed by atoms with van der Waals surface area (Å²) in [7, 11) is 0. The third-order valence-electron chi connectivity index (χ3n) is 10.6.